The van der Waals surface area contributed by atoms with Crippen molar-refractivity contribution in [2.24, 2.45) is 5.92 Å². The molecule has 9 heteroatoms. The number of carbonyl (C=O) groups excluding carboxylic acids is 2. The van der Waals surface area contributed by atoms with Crippen molar-refractivity contribution in [2.75, 3.05) is 31.5 Å². The third-order valence-electron chi connectivity index (χ3n) is 7.58. The molecule has 0 radical (unpaired) electrons. The number of likely N-dealkylation sites (tertiary alicyclic amines) is 1. The number of ether oxygens (including phenoxy) is 1. The molecule has 1 aliphatic heterocycles. The first-order chi connectivity index (χ1) is 18.9. The van der Waals surface area contributed by atoms with Gasteiger partial charge in [-0.2, -0.15) is 0 Å². The molecule has 0 unspecified atom stereocenters. The maximum atomic E-state index is 12.9. The Balaban J connectivity index is 1.19. The minimum Gasteiger partial charge on any atom is -0.432 e. The third-order valence-corrected chi connectivity index (χ3v) is 7.92. The van der Waals surface area contributed by atoms with E-state index in [9.17, 15) is 9.59 Å². The van der Waals surface area contributed by atoms with Crippen molar-refractivity contribution in [1.29, 1.82) is 0 Å². The molecule has 1 saturated heterocycles. The lowest BCUT2D eigenvalue weighted by molar-refractivity contribution is -0.136. The smallest absolute Gasteiger partial charge is 0.264 e. The van der Waals surface area contributed by atoms with Gasteiger partial charge in [-0.05, 0) is 107 Å². The van der Waals surface area contributed by atoms with Crippen molar-refractivity contribution < 1.29 is 14.3 Å². The first-order valence-electron chi connectivity index (χ1n) is 13.9. The number of rotatable bonds is 6. The maximum absolute atomic E-state index is 12.9. The van der Waals surface area contributed by atoms with Crippen molar-refractivity contribution in [3.63, 3.8) is 0 Å². The molecule has 2 aliphatic rings. The standard InChI is InChI=1S/C30H35N5O3S/c1-3-34(4-2)29(37)21-8-7-17-35(19-21)30(39)38-23-14-11-20(12-15-23)28(36)31-22-13-16-26-27(18-22)33-25-10-6-5-9-24(25)32-26/h11-16,18,21H,3-10,17,19H2,1-2H3,(H,31,36)/t21-/m1/s1. The molecule has 1 atom stereocenters. The van der Waals surface area contributed by atoms with Gasteiger partial charge in [0, 0.05) is 37.4 Å². The highest BCUT2D eigenvalue weighted by Crippen LogP contribution is 2.24. The van der Waals surface area contributed by atoms with Crippen LogP contribution in [0.1, 0.15) is 61.3 Å². The predicted molar refractivity (Wildman–Crippen MR) is 156 cm³/mol. The van der Waals surface area contributed by atoms with Gasteiger partial charge in [-0.3, -0.25) is 9.59 Å². The molecule has 2 heterocycles. The number of hydrogen-bond acceptors (Lipinski definition) is 6. The topological polar surface area (TPSA) is 87.7 Å². The molecule has 2 amide bonds. The number of fused-ring (bicyclic) bond motifs is 2. The number of hydrogen-bond donors (Lipinski definition) is 1. The van der Waals surface area contributed by atoms with Gasteiger partial charge in [0.1, 0.15) is 5.75 Å². The Morgan fingerprint density at radius 3 is 2.38 bits per heavy atom. The van der Waals surface area contributed by atoms with Crippen LogP contribution in [0.4, 0.5) is 5.69 Å². The van der Waals surface area contributed by atoms with E-state index in [4.69, 9.17) is 26.9 Å². The molecule has 1 N–H and O–H groups in total. The number of carbonyl (C=O) groups is 2. The third kappa shape index (κ3) is 6.19. The Bertz CT molecular complexity index is 1370. The Morgan fingerprint density at radius 1 is 1.00 bits per heavy atom. The van der Waals surface area contributed by atoms with Crippen LogP contribution < -0.4 is 10.1 Å². The van der Waals surface area contributed by atoms with E-state index in [0.29, 0.717) is 41.8 Å². The summed E-state index contributed by atoms with van der Waals surface area (Å²) in [5.41, 5.74) is 5.00. The van der Waals surface area contributed by atoms with Crippen molar-refractivity contribution >= 4 is 45.9 Å². The molecule has 204 valence electrons. The number of aryl methyl sites for hydroxylation is 2. The fourth-order valence-corrected chi connectivity index (χ4v) is 5.63. The molecular formula is C30H35N5O3S. The summed E-state index contributed by atoms with van der Waals surface area (Å²) in [4.78, 5) is 39.1. The highest BCUT2D eigenvalue weighted by Gasteiger charge is 2.30. The summed E-state index contributed by atoms with van der Waals surface area (Å²) >= 11 is 5.55. The van der Waals surface area contributed by atoms with E-state index in [-0.39, 0.29) is 17.7 Å². The summed E-state index contributed by atoms with van der Waals surface area (Å²) in [6.07, 6.45) is 6.00. The molecule has 3 aromatic rings. The zero-order valence-corrected chi connectivity index (χ0v) is 23.4. The van der Waals surface area contributed by atoms with Crippen LogP contribution in [-0.2, 0) is 17.6 Å². The first-order valence-corrected chi connectivity index (χ1v) is 14.3. The van der Waals surface area contributed by atoms with Gasteiger partial charge in [0.25, 0.3) is 11.1 Å². The van der Waals surface area contributed by atoms with Gasteiger partial charge in [0.2, 0.25) is 5.91 Å². The monoisotopic (exact) mass is 545 g/mol. The molecule has 1 fully saturated rings. The SMILES string of the molecule is CCN(CC)C(=O)[C@@H]1CCCN(C(=S)Oc2ccc(C(=O)Nc3ccc4nc5c(nc4c3)CCCC5)cc2)C1. The fraction of sp³-hybridized carbons (Fsp3) is 0.433. The number of nitrogens with zero attached hydrogens (tertiary/aromatic N) is 4. The Labute approximate surface area is 234 Å². The average Bonchev–Trinajstić information content (AvgIpc) is 2.97. The molecule has 39 heavy (non-hydrogen) atoms. The lowest BCUT2D eigenvalue weighted by atomic mass is 9.97. The Kier molecular flexibility index (Phi) is 8.35. The van der Waals surface area contributed by atoms with E-state index in [1.165, 1.54) is 0 Å². The molecule has 1 aliphatic carbocycles. The number of anilines is 1. The number of aromatic nitrogens is 2. The van der Waals surface area contributed by atoms with E-state index < -0.39 is 0 Å². The first kappa shape index (κ1) is 27.0. The second-order valence-corrected chi connectivity index (χ2v) is 10.5. The maximum Gasteiger partial charge on any atom is 0.264 e. The summed E-state index contributed by atoms with van der Waals surface area (Å²) in [7, 11) is 0. The van der Waals surface area contributed by atoms with E-state index >= 15 is 0 Å². The summed E-state index contributed by atoms with van der Waals surface area (Å²) in [5.74, 6) is 0.446. The van der Waals surface area contributed by atoms with Crippen LogP contribution in [0.15, 0.2) is 42.5 Å². The van der Waals surface area contributed by atoms with Crippen LogP contribution in [0.25, 0.3) is 11.0 Å². The molecule has 2 aromatic carbocycles. The molecule has 8 nitrogen and oxygen atoms in total. The van der Waals surface area contributed by atoms with Crippen molar-refractivity contribution in [3.05, 3.63) is 59.4 Å². The van der Waals surface area contributed by atoms with E-state index in [0.717, 1.165) is 67.5 Å². The Morgan fingerprint density at radius 2 is 1.69 bits per heavy atom. The lowest BCUT2D eigenvalue weighted by Crippen LogP contribution is -2.47. The highest BCUT2D eigenvalue weighted by molar-refractivity contribution is 7.80. The summed E-state index contributed by atoms with van der Waals surface area (Å²) in [5, 5.41) is 3.31. The van der Waals surface area contributed by atoms with Gasteiger partial charge >= 0.3 is 0 Å². The number of piperidine rings is 1. The number of benzene rings is 2. The van der Waals surface area contributed by atoms with E-state index in [1.54, 1.807) is 24.3 Å². The van der Waals surface area contributed by atoms with Gasteiger partial charge in [-0.1, -0.05) is 0 Å². The summed E-state index contributed by atoms with van der Waals surface area (Å²) < 4.78 is 5.93. The van der Waals surface area contributed by atoms with Crippen LogP contribution >= 0.6 is 12.2 Å². The van der Waals surface area contributed by atoms with Crippen molar-refractivity contribution in [1.82, 2.24) is 19.8 Å². The molecule has 5 rings (SSSR count). The second-order valence-electron chi connectivity index (χ2n) is 10.2. The van der Waals surface area contributed by atoms with Crippen LogP contribution in [0.3, 0.4) is 0 Å². The van der Waals surface area contributed by atoms with Gasteiger partial charge in [0.05, 0.1) is 28.3 Å². The normalized spacial score (nSPS) is 16.9. The Hall–Kier alpha value is -3.59. The minimum absolute atomic E-state index is 0.0715. The van der Waals surface area contributed by atoms with Gasteiger partial charge in [0.15, 0.2) is 0 Å². The summed E-state index contributed by atoms with van der Waals surface area (Å²) in [6.45, 7) is 6.75. The molecule has 1 aromatic heterocycles. The molecule has 0 spiro atoms. The van der Waals surface area contributed by atoms with Crippen LogP contribution in [-0.4, -0.2) is 62.9 Å². The average molecular weight is 546 g/mol. The van der Waals surface area contributed by atoms with Gasteiger partial charge in [-0.25, -0.2) is 9.97 Å². The zero-order chi connectivity index (χ0) is 27.4. The highest BCUT2D eigenvalue weighted by atomic mass is 32.1. The minimum atomic E-state index is -0.219. The van der Waals surface area contributed by atoms with Crippen molar-refractivity contribution in [2.45, 2.75) is 52.4 Å². The largest absolute Gasteiger partial charge is 0.432 e. The fourth-order valence-electron chi connectivity index (χ4n) is 5.37. The predicted octanol–water partition coefficient (Wildman–Crippen LogP) is 5.01. The lowest BCUT2D eigenvalue weighted by Gasteiger charge is -2.35. The summed E-state index contributed by atoms with van der Waals surface area (Å²) in [6, 6.07) is 12.6. The van der Waals surface area contributed by atoms with Crippen LogP contribution in [0.2, 0.25) is 0 Å². The molecule has 0 saturated carbocycles. The number of thiocarbonyl (C=S) groups is 1. The second kappa shape index (κ2) is 12.1. The van der Waals surface area contributed by atoms with E-state index in [2.05, 4.69) is 5.32 Å². The molecular weight excluding hydrogens is 510 g/mol. The van der Waals surface area contributed by atoms with Crippen LogP contribution in [0.5, 0.6) is 5.75 Å². The van der Waals surface area contributed by atoms with Gasteiger partial charge < -0.3 is 19.9 Å². The molecule has 0 bridgehead atoms. The van der Waals surface area contributed by atoms with Gasteiger partial charge in [-0.15, -0.1) is 0 Å². The zero-order valence-electron chi connectivity index (χ0n) is 22.6. The number of amides is 2. The number of nitrogens with one attached hydrogen (secondary N) is 1. The van der Waals surface area contributed by atoms with Crippen LogP contribution in [0, 0.1) is 5.92 Å². The van der Waals surface area contributed by atoms with E-state index in [1.807, 2.05) is 41.8 Å². The van der Waals surface area contributed by atoms with Crippen molar-refractivity contribution in [3.8, 4) is 5.75 Å². The quantitative estimate of drug-likeness (QED) is 0.436.